The van der Waals surface area contributed by atoms with Crippen LogP contribution in [0.4, 0.5) is 16.2 Å². The van der Waals surface area contributed by atoms with E-state index in [1.165, 1.54) is 6.42 Å². The molecule has 1 aromatic heterocycles. The van der Waals surface area contributed by atoms with Gasteiger partial charge in [0.1, 0.15) is 5.60 Å². The molecule has 1 amide bonds. The number of fused-ring (bicyclic) bond motifs is 1. The molecule has 41 heavy (non-hydrogen) atoms. The smallest absolute Gasteiger partial charge is 0.410 e. The topological polar surface area (TPSA) is 118 Å². The standard InChI is InChI=1S/C29H37N5O5S.ClH/c1-19-8-6-7-14-34(19)25-12-11-22(17-24(25)32-40(5,36)37)27-30-26(31-39-27)21-9-10-23-18-33(15-13-20(23)16-21)28(35)38-29(2,3)4;/h9-12,16-17,19,32H,6-8,13-15,18H2,1-5H3;1H. The summed E-state index contributed by atoms with van der Waals surface area (Å²) in [4.78, 5) is 21.1. The minimum Gasteiger partial charge on any atom is -0.444 e. The van der Waals surface area contributed by atoms with Crippen molar-refractivity contribution in [3.8, 4) is 22.8 Å². The molecule has 0 aliphatic carbocycles. The van der Waals surface area contributed by atoms with Gasteiger partial charge >= 0.3 is 6.09 Å². The first-order valence-electron chi connectivity index (χ1n) is 13.7. The third-order valence-electron chi connectivity index (χ3n) is 7.21. The van der Waals surface area contributed by atoms with Crippen LogP contribution in [0.25, 0.3) is 22.8 Å². The van der Waals surface area contributed by atoms with E-state index in [1.54, 1.807) is 11.0 Å². The lowest BCUT2D eigenvalue weighted by Crippen LogP contribution is -2.39. The molecule has 1 N–H and O–H groups in total. The number of amides is 1. The van der Waals surface area contributed by atoms with E-state index in [-0.39, 0.29) is 18.5 Å². The zero-order valence-electron chi connectivity index (χ0n) is 24.1. The zero-order chi connectivity index (χ0) is 28.7. The Morgan fingerprint density at radius 1 is 1.07 bits per heavy atom. The molecule has 2 aliphatic heterocycles. The second-order valence-corrected chi connectivity index (χ2v) is 13.5. The minimum atomic E-state index is -3.50. The third kappa shape index (κ3) is 7.32. The van der Waals surface area contributed by atoms with Crippen LogP contribution in [0.15, 0.2) is 40.9 Å². The van der Waals surface area contributed by atoms with Crippen molar-refractivity contribution in [1.82, 2.24) is 15.0 Å². The Morgan fingerprint density at radius 2 is 1.83 bits per heavy atom. The Bertz CT molecular complexity index is 1520. The lowest BCUT2D eigenvalue weighted by atomic mass is 9.97. The lowest BCUT2D eigenvalue weighted by Gasteiger charge is -2.36. The van der Waals surface area contributed by atoms with E-state index < -0.39 is 15.6 Å². The highest BCUT2D eigenvalue weighted by atomic mass is 35.5. The van der Waals surface area contributed by atoms with Gasteiger partial charge in [-0.15, -0.1) is 12.4 Å². The van der Waals surface area contributed by atoms with Gasteiger partial charge in [-0.25, -0.2) is 13.2 Å². The number of benzene rings is 2. The molecule has 0 saturated carbocycles. The molecule has 1 atom stereocenters. The number of carbonyl (C=O) groups excluding carboxylic acids is 1. The van der Waals surface area contributed by atoms with Gasteiger partial charge in [0.15, 0.2) is 0 Å². The number of hydrogen-bond acceptors (Lipinski definition) is 8. The fourth-order valence-electron chi connectivity index (χ4n) is 5.29. The molecule has 2 aromatic carbocycles. The molecule has 1 saturated heterocycles. The first-order chi connectivity index (χ1) is 18.9. The number of rotatable bonds is 5. The molecule has 1 fully saturated rings. The highest BCUT2D eigenvalue weighted by Gasteiger charge is 2.27. The number of sulfonamides is 1. The lowest BCUT2D eigenvalue weighted by molar-refractivity contribution is 0.0224. The fourth-order valence-corrected chi connectivity index (χ4v) is 5.85. The number of ether oxygens (including phenoxy) is 1. The van der Waals surface area contributed by atoms with E-state index in [9.17, 15) is 13.2 Å². The van der Waals surface area contributed by atoms with Crippen molar-refractivity contribution < 1.29 is 22.5 Å². The molecular formula is C29H38ClN5O5S. The molecule has 222 valence electrons. The van der Waals surface area contributed by atoms with Gasteiger partial charge in [0, 0.05) is 36.8 Å². The molecule has 5 rings (SSSR count). The van der Waals surface area contributed by atoms with Gasteiger partial charge < -0.3 is 19.1 Å². The molecule has 1 unspecified atom stereocenters. The van der Waals surface area contributed by atoms with Crippen LogP contribution >= 0.6 is 12.4 Å². The number of nitrogens with zero attached hydrogens (tertiary/aromatic N) is 4. The predicted molar refractivity (Wildman–Crippen MR) is 162 cm³/mol. The normalized spacial score (nSPS) is 17.4. The van der Waals surface area contributed by atoms with Crippen LogP contribution in [0, 0.1) is 0 Å². The van der Waals surface area contributed by atoms with Crippen molar-refractivity contribution in [2.75, 3.05) is 29.0 Å². The molecule has 0 spiro atoms. The van der Waals surface area contributed by atoms with Gasteiger partial charge in [0.05, 0.1) is 17.6 Å². The highest BCUT2D eigenvalue weighted by Crippen LogP contribution is 2.36. The number of anilines is 2. The number of hydrogen-bond donors (Lipinski definition) is 1. The predicted octanol–water partition coefficient (Wildman–Crippen LogP) is 5.87. The van der Waals surface area contributed by atoms with Gasteiger partial charge in [0.2, 0.25) is 15.8 Å². The third-order valence-corrected chi connectivity index (χ3v) is 7.80. The van der Waals surface area contributed by atoms with E-state index >= 15 is 0 Å². The van der Waals surface area contributed by atoms with E-state index in [4.69, 9.17) is 9.26 Å². The first-order valence-corrected chi connectivity index (χ1v) is 15.6. The van der Waals surface area contributed by atoms with Gasteiger partial charge in [-0.05, 0) is 88.8 Å². The van der Waals surface area contributed by atoms with Crippen LogP contribution in [0.1, 0.15) is 58.1 Å². The van der Waals surface area contributed by atoms with Gasteiger partial charge in [-0.3, -0.25) is 4.72 Å². The van der Waals surface area contributed by atoms with Crippen LogP contribution in [0.5, 0.6) is 0 Å². The summed E-state index contributed by atoms with van der Waals surface area (Å²) in [5.41, 5.74) is 4.43. The second kappa shape index (κ2) is 11.9. The minimum absolute atomic E-state index is 0. The molecular weight excluding hydrogens is 566 g/mol. The summed E-state index contributed by atoms with van der Waals surface area (Å²) in [5, 5.41) is 4.20. The van der Waals surface area contributed by atoms with Crippen molar-refractivity contribution in [2.24, 2.45) is 0 Å². The van der Waals surface area contributed by atoms with Crippen LogP contribution in [0.3, 0.4) is 0 Å². The quantitative estimate of drug-likeness (QED) is 0.385. The number of nitrogens with one attached hydrogen (secondary N) is 1. The van der Waals surface area contributed by atoms with Crippen LogP contribution in [-0.4, -0.2) is 60.5 Å². The zero-order valence-corrected chi connectivity index (χ0v) is 25.8. The summed E-state index contributed by atoms with van der Waals surface area (Å²) >= 11 is 0. The Hall–Kier alpha value is -3.31. The maximum atomic E-state index is 12.5. The number of carbonyl (C=O) groups is 1. The Morgan fingerprint density at radius 3 is 2.54 bits per heavy atom. The van der Waals surface area contributed by atoms with Gasteiger partial charge in [-0.1, -0.05) is 17.3 Å². The van der Waals surface area contributed by atoms with Gasteiger partial charge in [-0.2, -0.15) is 4.98 Å². The Kier molecular flexibility index (Phi) is 8.89. The van der Waals surface area contributed by atoms with Crippen LogP contribution in [0.2, 0.25) is 0 Å². The Labute approximate surface area is 247 Å². The fraction of sp³-hybridized carbons (Fsp3) is 0.483. The maximum absolute atomic E-state index is 12.5. The van der Waals surface area contributed by atoms with Crippen molar-refractivity contribution >= 4 is 39.9 Å². The van der Waals surface area contributed by atoms with E-state index in [1.807, 2.05) is 51.1 Å². The van der Waals surface area contributed by atoms with Gasteiger partial charge in [0.25, 0.3) is 5.89 Å². The summed E-state index contributed by atoms with van der Waals surface area (Å²) in [7, 11) is -3.50. The largest absolute Gasteiger partial charge is 0.444 e. The number of halogens is 1. The average Bonchev–Trinajstić information content (AvgIpc) is 3.37. The summed E-state index contributed by atoms with van der Waals surface area (Å²) < 4.78 is 38.2. The molecule has 12 heteroatoms. The summed E-state index contributed by atoms with van der Waals surface area (Å²) in [6.45, 7) is 9.68. The van der Waals surface area contributed by atoms with E-state index in [0.29, 0.717) is 48.5 Å². The highest BCUT2D eigenvalue weighted by molar-refractivity contribution is 7.92. The summed E-state index contributed by atoms with van der Waals surface area (Å²) in [6.07, 6.45) is 4.83. The SMILES string of the molecule is CC1CCCCN1c1ccc(-c2nc(-c3ccc4c(c3)CCN(C(=O)OC(C)(C)C)C4)no2)cc1NS(C)(=O)=O.Cl. The Balaban J connectivity index is 0.00000387. The van der Waals surface area contributed by atoms with E-state index in [2.05, 4.69) is 26.7 Å². The summed E-state index contributed by atoms with van der Waals surface area (Å²) in [6, 6.07) is 11.8. The number of aromatic nitrogens is 2. The van der Waals surface area contributed by atoms with Crippen LogP contribution < -0.4 is 9.62 Å². The molecule has 2 aliphatic rings. The molecule has 3 heterocycles. The molecule has 0 radical (unpaired) electrons. The maximum Gasteiger partial charge on any atom is 0.410 e. The van der Waals surface area contributed by atoms with Crippen molar-refractivity contribution in [2.45, 2.75) is 71.6 Å². The summed E-state index contributed by atoms with van der Waals surface area (Å²) in [5.74, 6) is 0.748. The first kappa shape index (κ1) is 30.6. The van der Waals surface area contributed by atoms with Crippen LogP contribution in [-0.2, 0) is 27.7 Å². The molecule has 3 aromatic rings. The molecule has 10 nitrogen and oxygen atoms in total. The van der Waals surface area contributed by atoms with E-state index in [0.717, 1.165) is 48.0 Å². The second-order valence-electron chi connectivity index (χ2n) is 11.7. The number of piperidine rings is 1. The van der Waals surface area contributed by atoms with Crippen molar-refractivity contribution in [3.63, 3.8) is 0 Å². The average molecular weight is 604 g/mol. The monoisotopic (exact) mass is 603 g/mol. The van der Waals surface area contributed by atoms with Crippen molar-refractivity contribution in [3.05, 3.63) is 47.5 Å². The molecule has 0 bridgehead atoms. The van der Waals surface area contributed by atoms with Crippen molar-refractivity contribution in [1.29, 1.82) is 0 Å².